The van der Waals surface area contributed by atoms with E-state index < -0.39 is 0 Å². The van der Waals surface area contributed by atoms with Crippen LogP contribution in [0, 0.1) is 5.92 Å². The highest BCUT2D eigenvalue weighted by Gasteiger charge is 2.31. The molecule has 0 aromatic heterocycles. The third kappa shape index (κ3) is 3.28. The van der Waals surface area contributed by atoms with E-state index in [1.807, 2.05) is 0 Å². The van der Waals surface area contributed by atoms with Crippen molar-refractivity contribution in [3.63, 3.8) is 0 Å². The SMILES string of the molecule is CC(C)C(CO)NCc1cccc2c1OC(C)(C)C2. The summed E-state index contributed by atoms with van der Waals surface area (Å²) in [5.74, 6) is 1.44. The summed E-state index contributed by atoms with van der Waals surface area (Å²) < 4.78 is 6.05. The van der Waals surface area contributed by atoms with Crippen LogP contribution in [-0.4, -0.2) is 23.4 Å². The zero-order valence-corrected chi connectivity index (χ0v) is 12.4. The Balaban J connectivity index is 2.09. The minimum atomic E-state index is -0.104. The average molecular weight is 263 g/mol. The predicted octanol–water partition coefficient (Wildman–Crippen LogP) is 2.51. The summed E-state index contributed by atoms with van der Waals surface area (Å²) in [6.45, 7) is 9.37. The molecule has 1 heterocycles. The molecule has 19 heavy (non-hydrogen) atoms. The number of aliphatic hydroxyl groups excluding tert-OH is 1. The number of ether oxygens (including phenoxy) is 1. The first-order chi connectivity index (χ1) is 8.93. The summed E-state index contributed by atoms with van der Waals surface area (Å²) >= 11 is 0. The number of rotatable bonds is 5. The Morgan fingerprint density at radius 3 is 2.74 bits per heavy atom. The second kappa shape index (κ2) is 5.51. The second-order valence-electron chi connectivity index (χ2n) is 6.36. The number of fused-ring (bicyclic) bond motifs is 1. The fourth-order valence-electron chi connectivity index (χ4n) is 2.57. The van der Waals surface area contributed by atoms with Gasteiger partial charge in [-0.2, -0.15) is 0 Å². The highest BCUT2D eigenvalue weighted by Crippen LogP contribution is 2.37. The van der Waals surface area contributed by atoms with Gasteiger partial charge in [-0.3, -0.25) is 0 Å². The summed E-state index contributed by atoms with van der Waals surface area (Å²) in [6.07, 6.45) is 0.962. The molecule has 1 atom stereocenters. The van der Waals surface area contributed by atoms with Gasteiger partial charge in [-0.25, -0.2) is 0 Å². The quantitative estimate of drug-likeness (QED) is 0.857. The molecule has 0 radical (unpaired) electrons. The minimum absolute atomic E-state index is 0.104. The number of benzene rings is 1. The van der Waals surface area contributed by atoms with Crippen molar-refractivity contribution >= 4 is 0 Å². The Hall–Kier alpha value is -1.06. The van der Waals surface area contributed by atoms with Crippen molar-refractivity contribution in [3.05, 3.63) is 29.3 Å². The maximum absolute atomic E-state index is 9.36. The van der Waals surface area contributed by atoms with Crippen LogP contribution < -0.4 is 10.1 Å². The van der Waals surface area contributed by atoms with Gasteiger partial charge in [-0.05, 0) is 25.3 Å². The van der Waals surface area contributed by atoms with E-state index in [1.54, 1.807) is 0 Å². The smallest absolute Gasteiger partial charge is 0.127 e. The second-order valence-corrected chi connectivity index (χ2v) is 6.36. The van der Waals surface area contributed by atoms with Gasteiger partial charge in [0.2, 0.25) is 0 Å². The van der Waals surface area contributed by atoms with Crippen molar-refractivity contribution in [2.45, 2.75) is 52.3 Å². The van der Waals surface area contributed by atoms with Crippen molar-refractivity contribution in [2.24, 2.45) is 5.92 Å². The van der Waals surface area contributed by atoms with Crippen LogP contribution in [-0.2, 0) is 13.0 Å². The zero-order valence-electron chi connectivity index (χ0n) is 12.4. The standard InChI is InChI=1S/C16H25NO2/c1-11(2)14(10-18)17-9-13-7-5-6-12-8-16(3,4)19-15(12)13/h5-7,11,14,17-18H,8-10H2,1-4H3. The molecule has 0 spiro atoms. The zero-order chi connectivity index (χ0) is 14.0. The summed E-state index contributed by atoms with van der Waals surface area (Å²) in [5.41, 5.74) is 2.36. The van der Waals surface area contributed by atoms with Crippen LogP contribution in [0.3, 0.4) is 0 Å². The molecule has 2 N–H and O–H groups in total. The normalized spacial score (nSPS) is 18.2. The van der Waals surface area contributed by atoms with Crippen LogP contribution in [0.2, 0.25) is 0 Å². The van der Waals surface area contributed by atoms with E-state index in [4.69, 9.17) is 4.74 Å². The lowest BCUT2D eigenvalue weighted by molar-refractivity contribution is 0.136. The topological polar surface area (TPSA) is 41.5 Å². The summed E-state index contributed by atoms with van der Waals surface area (Å²) in [7, 11) is 0. The molecule has 0 bridgehead atoms. The minimum Gasteiger partial charge on any atom is -0.487 e. The van der Waals surface area contributed by atoms with E-state index in [1.165, 1.54) is 11.1 Å². The van der Waals surface area contributed by atoms with E-state index in [9.17, 15) is 5.11 Å². The van der Waals surface area contributed by atoms with Gasteiger partial charge in [0, 0.05) is 24.6 Å². The van der Waals surface area contributed by atoms with Gasteiger partial charge in [-0.1, -0.05) is 32.0 Å². The van der Waals surface area contributed by atoms with Gasteiger partial charge in [0.15, 0.2) is 0 Å². The number of hydrogen-bond donors (Lipinski definition) is 2. The van der Waals surface area contributed by atoms with Gasteiger partial charge in [0.1, 0.15) is 11.4 Å². The molecular weight excluding hydrogens is 238 g/mol. The Morgan fingerprint density at radius 1 is 1.37 bits per heavy atom. The van der Waals surface area contributed by atoms with Crippen molar-refractivity contribution in [3.8, 4) is 5.75 Å². The first-order valence-electron chi connectivity index (χ1n) is 7.07. The molecule has 1 aromatic rings. The molecule has 106 valence electrons. The van der Waals surface area contributed by atoms with Crippen molar-refractivity contribution in [1.29, 1.82) is 0 Å². The largest absolute Gasteiger partial charge is 0.487 e. The third-order valence-electron chi connectivity index (χ3n) is 3.73. The average Bonchev–Trinajstić information content (AvgIpc) is 2.64. The summed E-state index contributed by atoms with van der Waals surface area (Å²) in [5, 5.41) is 12.8. The highest BCUT2D eigenvalue weighted by atomic mass is 16.5. The fourth-order valence-corrected chi connectivity index (χ4v) is 2.57. The van der Waals surface area contributed by atoms with Crippen LogP contribution in [0.5, 0.6) is 5.75 Å². The van der Waals surface area contributed by atoms with Crippen molar-refractivity contribution in [1.82, 2.24) is 5.32 Å². The number of aliphatic hydroxyl groups is 1. The molecule has 1 aromatic carbocycles. The molecule has 1 unspecified atom stereocenters. The number of para-hydroxylation sites is 1. The lowest BCUT2D eigenvalue weighted by atomic mass is 10.00. The number of nitrogens with one attached hydrogen (secondary N) is 1. The maximum atomic E-state index is 9.36. The monoisotopic (exact) mass is 263 g/mol. The van der Waals surface area contributed by atoms with Crippen LogP contribution >= 0.6 is 0 Å². The first kappa shape index (κ1) is 14.4. The molecule has 1 aliphatic rings. The Bertz CT molecular complexity index is 440. The lowest BCUT2D eigenvalue weighted by Crippen LogP contribution is -2.36. The molecule has 0 saturated carbocycles. The molecular formula is C16H25NO2. The predicted molar refractivity (Wildman–Crippen MR) is 77.4 cm³/mol. The van der Waals surface area contributed by atoms with Crippen LogP contribution in [0.25, 0.3) is 0 Å². The molecule has 3 nitrogen and oxygen atoms in total. The van der Waals surface area contributed by atoms with E-state index >= 15 is 0 Å². The van der Waals surface area contributed by atoms with Gasteiger partial charge >= 0.3 is 0 Å². The molecule has 0 amide bonds. The Kier molecular flexibility index (Phi) is 4.16. The van der Waals surface area contributed by atoms with Crippen molar-refractivity contribution in [2.75, 3.05) is 6.61 Å². The Labute approximate surface area is 116 Å². The van der Waals surface area contributed by atoms with Crippen molar-refractivity contribution < 1.29 is 9.84 Å². The fraction of sp³-hybridized carbons (Fsp3) is 0.625. The first-order valence-corrected chi connectivity index (χ1v) is 7.07. The summed E-state index contributed by atoms with van der Waals surface area (Å²) in [4.78, 5) is 0. The third-order valence-corrected chi connectivity index (χ3v) is 3.73. The van der Waals surface area contributed by atoms with Gasteiger partial charge in [0.25, 0.3) is 0 Å². The van der Waals surface area contributed by atoms with Gasteiger partial charge in [-0.15, -0.1) is 0 Å². The highest BCUT2D eigenvalue weighted by molar-refractivity contribution is 5.45. The van der Waals surface area contributed by atoms with E-state index in [0.29, 0.717) is 5.92 Å². The molecule has 2 rings (SSSR count). The molecule has 0 aliphatic carbocycles. The van der Waals surface area contributed by atoms with Crippen LogP contribution in [0.4, 0.5) is 0 Å². The maximum Gasteiger partial charge on any atom is 0.127 e. The van der Waals surface area contributed by atoms with Crippen LogP contribution in [0.15, 0.2) is 18.2 Å². The van der Waals surface area contributed by atoms with E-state index in [-0.39, 0.29) is 18.2 Å². The Morgan fingerprint density at radius 2 is 2.11 bits per heavy atom. The van der Waals surface area contributed by atoms with Gasteiger partial charge < -0.3 is 15.2 Å². The van der Waals surface area contributed by atoms with Gasteiger partial charge in [0.05, 0.1) is 6.61 Å². The number of hydrogen-bond acceptors (Lipinski definition) is 3. The molecule has 0 saturated heterocycles. The molecule has 3 heteroatoms. The molecule has 0 fully saturated rings. The van der Waals surface area contributed by atoms with E-state index in [2.05, 4.69) is 51.2 Å². The van der Waals surface area contributed by atoms with E-state index in [0.717, 1.165) is 18.7 Å². The lowest BCUT2D eigenvalue weighted by Gasteiger charge is -2.22. The molecule has 1 aliphatic heterocycles. The van der Waals surface area contributed by atoms with Crippen LogP contribution in [0.1, 0.15) is 38.8 Å². The summed E-state index contributed by atoms with van der Waals surface area (Å²) in [6, 6.07) is 6.45.